The molecule has 0 bridgehead atoms. The van der Waals surface area contributed by atoms with Gasteiger partial charge in [0.15, 0.2) is 0 Å². The minimum Gasteiger partial charge on any atom is -0.447 e. The Hall–Kier alpha value is -2.61. The van der Waals surface area contributed by atoms with Crippen LogP contribution in [0.2, 0.25) is 0 Å². The van der Waals surface area contributed by atoms with Crippen LogP contribution in [0, 0.1) is 0 Å². The first kappa shape index (κ1) is 18.7. The highest BCUT2D eigenvalue weighted by atomic mass is 16.6. The second-order valence-corrected chi connectivity index (χ2v) is 7.49. The molecule has 0 spiro atoms. The topological polar surface area (TPSA) is 79.4 Å². The van der Waals surface area contributed by atoms with Crippen molar-refractivity contribution in [2.45, 2.75) is 18.9 Å². The Bertz CT molecular complexity index is 775. The molecule has 3 saturated heterocycles. The largest absolute Gasteiger partial charge is 0.447 e. The molecule has 0 saturated carbocycles. The van der Waals surface area contributed by atoms with Crippen molar-refractivity contribution in [3.63, 3.8) is 0 Å². The number of hydrogen-bond acceptors (Lipinski definition) is 5. The molecule has 3 aliphatic rings. The van der Waals surface area contributed by atoms with Crippen molar-refractivity contribution in [1.82, 2.24) is 14.7 Å². The monoisotopic (exact) mass is 387 g/mol. The minimum atomic E-state index is -0.433. The lowest BCUT2D eigenvalue weighted by molar-refractivity contribution is 0.0302. The fourth-order valence-corrected chi connectivity index (χ4v) is 4.13. The quantitative estimate of drug-likeness (QED) is 0.779. The fraction of sp³-hybridized carbons (Fsp3) is 0.550. The first-order valence-electron chi connectivity index (χ1n) is 9.75. The van der Waals surface area contributed by atoms with Gasteiger partial charge in [-0.05, 0) is 30.7 Å². The van der Waals surface area contributed by atoms with Crippen molar-refractivity contribution >= 4 is 17.9 Å². The van der Waals surface area contributed by atoms with Gasteiger partial charge in [-0.3, -0.25) is 14.5 Å². The molecular weight excluding hydrogens is 362 g/mol. The van der Waals surface area contributed by atoms with E-state index in [1.54, 1.807) is 39.0 Å². The number of amides is 3. The third-order valence-corrected chi connectivity index (χ3v) is 5.96. The summed E-state index contributed by atoms with van der Waals surface area (Å²) in [5.41, 5.74) is 0.684. The van der Waals surface area contributed by atoms with Gasteiger partial charge in [0.25, 0.3) is 11.8 Å². The molecule has 8 nitrogen and oxygen atoms in total. The Morgan fingerprint density at radius 3 is 2.18 bits per heavy atom. The van der Waals surface area contributed by atoms with Crippen LogP contribution in [0.4, 0.5) is 4.79 Å². The normalized spacial score (nSPS) is 24.8. The summed E-state index contributed by atoms with van der Waals surface area (Å²) in [6.45, 7) is 6.03. The molecule has 3 aliphatic heterocycles. The van der Waals surface area contributed by atoms with E-state index >= 15 is 0 Å². The number of carbonyl (C=O) groups is 3. The summed E-state index contributed by atoms with van der Waals surface area (Å²) in [5, 5.41) is 0. The molecule has 3 amide bonds. The van der Waals surface area contributed by atoms with E-state index in [2.05, 4.69) is 0 Å². The van der Waals surface area contributed by atoms with Crippen LogP contribution in [0.25, 0.3) is 0 Å². The van der Waals surface area contributed by atoms with Gasteiger partial charge in [-0.2, -0.15) is 0 Å². The first-order chi connectivity index (χ1) is 13.5. The average Bonchev–Trinajstić information content (AvgIpc) is 3.10. The number of rotatable bonds is 3. The van der Waals surface area contributed by atoms with E-state index in [0.29, 0.717) is 63.7 Å². The second kappa shape index (κ2) is 7.43. The summed E-state index contributed by atoms with van der Waals surface area (Å²) < 4.78 is 10.5. The highest BCUT2D eigenvalue weighted by molar-refractivity contribution is 5.98. The van der Waals surface area contributed by atoms with E-state index in [1.165, 1.54) is 0 Å². The van der Waals surface area contributed by atoms with Crippen molar-refractivity contribution in [3.8, 4) is 0 Å². The van der Waals surface area contributed by atoms with Crippen LogP contribution in [0.5, 0.6) is 0 Å². The molecule has 0 radical (unpaired) electrons. The van der Waals surface area contributed by atoms with Crippen LogP contribution in [0.15, 0.2) is 24.3 Å². The molecule has 0 aliphatic carbocycles. The Morgan fingerprint density at radius 1 is 0.964 bits per heavy atom. The van der Waals surface area contributed by atoms with Gasteiger partial charge in [-0.25, -0.2) is 4.79 Å². The number of benzene rings is 1. The Kier molecular flexibility index (Phi) is 4.97. The number of nitrogens with zero attached hydrogens (tertiary/aromatic N) is 3. The Morgan fingerprint density at radius 2 is 1.57 bits per heavy atom. The number of ether oxygens (including phenoxy) is 2. The van der Waals surface area contributed by atoms with Crippen LogP contribution in [0.1, 0.15) is 34.1 Å². The third-order valence-electron chi connectivity index (χ3n) is 5.96. The molecule has 1 aromatic carbocycles. The molecule has 3 heterocycles. The fourth-order valence-electron chi connectivity index (χ4n) is 4.13. The van der Waals surface area contributed by atoms with Crippen LogP contribution in [-0.2, 0) is 9.47 Å². The maximum absolute atomic E-state index is 13.0. The van der Waals surface area contributed by atoms with E-state index in [0.717, 1.165) is 6.42 Å². The summed E-state index contributed by atoms with van der Waals surface area (Å²) in [6, 6.07) is 6.83. The van der Waals surface area contributed by atoms with E-state index in [1.807, 2.05) is 6.92 Å². The zero-order chi connectivity index (χ0) is 19.7. The van der Waals surface area contributed by atoms with Crippen LogP contribution in [0.3, 0.4) is 0 Å². The molecule has 4 rings (SSSR count). The Balaban J connectivity index is 1.45. The lowest BCUT2D eigenvalue weighted by Crippen LogP contribution is -2.62. The summed E-state index contributed by atoms with van der Waals surface area (Å²) >= 11 is 0. The predicted molar refractivity (Wildman–Crippen MR) is 100 cm³/mol. The zero-order valence-electron chi connectivity index (χ0n) is 16.1. The van der Waals surface area contributed by atoms with Gasteiger partial charge in [0, 0.05) is 43.9 Å². The molecular formula is C20H25N3O5. The average molecular weight is 387 g/mol. The predicted octanol–water partition coefficient (Wildman–Crippen LogP) is 1.22. The third kappa shape index (κ3) is 3.22. The molecule has 1 unspecified atom stereocenters. The van der Waals surface area contributed by atoms with E-state index in [-0.39, 0.29) is 17.9 Å². The zero-order valence-corrected chi connectivity index (χ0v) is 16.1. The van der Waals surface area contributed by atoms with Gasteiger partial charge < -0.3 is 19.3 Å². The molecule has 150 valence electrons. The van der Waals surface area contributed by atoms with Gasteiger partial charge in [0.2, 0.25) is 0 Å². The van der Waals surface area contributed by atoms with Crippen molar-refractivity contribution in [1.29, 1.82) is 0 Å². The van der Waals surface area contributed by atoms with E-state index in [9.17, 15) is 14.4 Å². The smallest absolute Gasteiger partial charge is 0.410 e. The second-order valence-electron chi connectivity index (χ2n) is 7.49. The SMILES string of the molecule is CCC12COC(=O)N1CCN(C(=O)c1ccc(C(=O)N3CCOCC3)cc1)C2. The number of cyclic esters (lactones) is 1. The summed E-state index contributed by atoms with van der Waals surface area (Å²) in [5.74, 6) is -0.125. The molecule has 8 heteroatoms. The maximum Gasteiger partial charge on any atom is 0.410 e. The Labute approximate surface area is 164 Å². The standard InChI is InChI=1S/C20H25N3O5/c1-2-20-13-22(7-8-23(20)19(26)28-14-20)18(25)16-5-3-15(4-6-16)17(24)21-9-11-27-12-10-21/h3-6H,2,7-14H2,1H3. The van der Waals surface area contributed by atoms with Gasteiger partial charge in [0.1, 0.15) is 6.61 Å². The lowest BCUT2D eigenvalue weighted by Gasteiger charge is -2.44. The van der Waals surface area contributed by atoms with Crippen molar-refractivity contribution in [2.75, 3.05) is 52.5 Å². The summed E-state index contributed by atoms with van der Waals surface area (Å²) in [4.78, 5) is 42.7. The maximum atomic E-state index is 13.0. The van der Waals surface area contributed by atoms with Crippen molar-refractivity contribution in [2.24, 2.45) is 0 Å². The van der Waals surface area contributed by atoms with Crippen molar-refractivity contribution < 1.29 is 23.9 Å². The van der Waals surface area contributed by atoms with Crippen molar-refractivity contribution in [3.05, 3.63) is 35.4 Å². The van der Waals surface area contributed by atoms with Gasteiger partial charge >= 0.3 is 6.09 Å². The van der Waals surface area contributed by atoms with Gasteiger partial charge in [-0.1, -0.05) is 6.92 Å². The molecule has 28 heavy (non-hydrogen) atoms. The highest BCUT2D eigenvalue weighted by Gasteiger charge is 2.50. The lowest BCUT2D eigenvalue weighted by atomic mass is 9.92. The molecule has 1 atom stereocenters. The molecule has 3 fully saturated rings. The number of piperazine rings is 1. The first-order valence-corrected chi connectivity index (χ1v) is 9.75. The van der Waals surface area contributed by atoms with Crippen LogP contribution >= 0.6 is 0 Å². The highest BCUT2D eigenvalue weighted by Crippen LogP contribution is 2.32. The van der Waals surface area contributed by atoms with Gasteiger partial charge in [-0.15, -0.1) is 0 Å². The number of hydrogen-bond donors (Lipinski definition) is 0. The van der Waals surface area contributed by atoms with Crippen LogP contribution < -0.4 is 0 Å². The number of morpholine rings is 1. The van der Waals surface area contributed by atoms with Crippen LogP contribution in [-0.4, -0.2) is 90.7 Å². The number of fused-ring (bicyclic) bond motifs is 1. The van der Waals surface area contributed by atoms with E-state index < -0.39 is 5.54 Å². The molecule has 0 aromatic heterocycles. The van der Waals surface area contributed by atoms with E-state index in [4.69, 9.17) is 9.47 Å². The minimum absolute atomic E-state index is 0.0394. The summed E-state index contributed by atoms with van der Waals surface area (Å²) in [7, 11) is 0. The summed E-state index contributed by atoms with van der Waals surface area (Å²) in [6.07, 6.45) is 0.440. The number of carbonyl (C=O) groups excluding carboxylic acids is 3. The molecule has 1 aromatic rings. The van der Waals surface area contributed by atoms with Gasteiger partial charge in [0.05, 0.1) is 18.8 Å². The molecule has 0 N–H and O–H groups in total.